The minimum atomic E-state index is -0.245. The van der Waals surface area contributed by atoms with Gasteiger partial charge in [-0.3, -0.25) is 4.79 Å². The molecular weight excluding hydrogens is 172 g/mol. The van der Waals surface area contributed by atoms with Gasteiger partial charge in [-0.15, -0.1) is 4.74 Å². The molecular formula is C8H8N2O3. The van der Waals surface area contributed by atoms with Crippen LogP contribution < -0.4 is 5.56 Å². The van der Waals surface area contributed by atoms with Crippen molar-refractivity contribution in [3.63, 3.8) is 0 Å². The summed E-state index contributed by atoms with van der Waals surface area (Å²) in [5.74, 6) is 1.55. The van der Waals surface area contributed by atoms with E-state index < -0.39 is 0 Å². The molecule has 0 fully saturated rings. The molecule has 0 saturated carbocycles. The summed E-state index contributed by atoms with van der Waals surface area (Å²) in [6.07, 6.45) is 0. The molecule has 0 amide bonds. The predicted octanol–water partition coefficient (Wildman–Crippen LogP) is 1.04. The van der Waals surface area contributed by atoms with Gasteiger partial charge >= 0.3 is 0 Å². The van der Waals surface area contributed by atoms with E-state index in [-0.39, 0.29) is 5.56 Å². The van der Waals surface area contributed by atoms with Crippen LogP contribution in [0.15, 0.2) is 26.0 Å². The largest absolute Gasteiger partial charge is 0.375 e. The van der Waals surface area contributed by atoms with Crippen LogP contribution in [-0.2, 0) is 0 Å². The lowest BCUT2D eigenvalue weighted by atomic mass is 10.5. The molecule has 2 aromatic heterocycles. The molecule has 0 aliphatic heterocycles. The average molecular weight is 180 g/mol. The molecule has 2 rings (SSSR count). The van der Waals surface area contributed by atoms with Crippen molar-refractivity contribution in [2.24, 2.45) is 0 Å². The number of hydrogen-bond donors (Lipinski definition) is 0. The van der Waals surface area contributed by atoms with Gasteiger partial charge in [-0.05, 0) is 13.8 Å². The third-order valence-corrected chi connectivity index (χ3v) is 1.59. The Kier molecular flexibility index (Phi) is 1.58. The van der Waals surface area contributed by atoms with Crippen LogP contribution in [0.5, 0.6) is 0 Å². The average Bonchev–Trinajstić information content (AvgIpc) is 2.58. The first-order chi connectivity index (χ1) is 6.16. The highest BCUT2D eigenvalue weighted by atomic mass is 16.5. The molecule has 0 aliphatic rings. The fraction of sp³-hybridized carbons (Fsp3) is 0.250. The Morgan fingerprint density at radius 3 is 2.54 bits per heavy atom. The standard InChI is InChI=1S/C8H8N2O3/c1-5-3-7(9-12-5)10-8(11)4-6(2)13-10/h3-4H,1-2H3. The second-order valence-electron chi connectivity index (χ2n) is 2.77. The van der Waals surface area contributed by atoms with E-state index >= 15 is 0 Å². The van der Waals surface area contributed by atoms with Crippen molar-refractivity contribution in [1.82, 2.24) is 9.90 Å². The zero-order valence-corrected chi connectivity index (χ0v) is 7.27. The fourth-order valence-electron chi connectivity index (χ4n) is 1.06. The van der Waals surface area contributed by atoms with E-state index in [0.29, 0.717) is 17.3 Å². The Labute approximate surface area is 73.5 Å². The number of hydrogen-bond acceptors (Lipinski definition) is 4. The van der Waals surface area contributed by atoms with Gasteiger partial charge in [0.1, 0.15) is 11.5 Å². The molecule has 0 unspecified atom stereocenters. The molecule has 2 heterocycles. The molecule has 68 valence electrons. The molecule has 0 N–H and O–H groups in total. The van der Waals surface area contributed by atoms with Gasteiger partial charge in [0.25, 0.3) is 5.56 Å². The quantitative estimate of drug-likeness (QED) is 0.657. The third kappa shape index (κ3) is 1.28. The van der Waals surface area contributed by atoms with Gasteiger partial charge in [-0.25, -0.2) is 0 Å². The molecule has 13 heavy (non-hydrogen) atoms. The van der Waals surface area contributed by atoms with Crippen molar-refractivity contribution in [1.29, 1.82) is 0 Å². The van der Waals surface area contributed by atoms with E-state index in [1.54, 1.807) is 19.9 Å². The maximum atomic E-state index is 11.2. The SMILES string of the molecule is Cc1cc(-n2oc(C)cc2=O)no1. The summed E-state index contributed by atoms with van der Waals surface area (Å²) in [4.78, 5) is 11.2. The first-order valence-corrected chi connectivity index (χ1v) is 3.80. The van der Waals surface area contributed by atoms with Gasteiger partial charge in [-0.1, -0.05) is 5.16 Å². The topological polar surface area (TPSA) is 61.2 Å². The van der Waals surface area contributed by atoms with Crippen LogP contribution in [0.25, 0.3) is 5.82 Å². The van der Waals surface area contributed by atoms with E-state index in [2.05, 4.69) is 5.16 Å². The first kappa shape index (κ1) is 7.85. The molecule has 0 saturated heterocycles. The van der Waals surface area contributed by atoms with Crippen molar-refractivity contribution >= 4 is 0 Å². The minimum absolute atomic E-state index is 0.245. The van der Waals surface area contributed by atoms with Crippen LogP contribution in [-0.4, -0.2) is 9.90 Å². The zero-order chi connectivity index (χ0) is 9.42. The highest BCUT2D eigenvalue weighted by Gasteiger charge is 2.08. The number of aromatic nitrogens is 2. The molecule has 5 nitrogen and oxygen atoms in total. The van der Waals surface area contributed by atoms with Gasteiger partial charge in [0, 0.05) is 12.1 Å². The fourth-order valence-corrected chi connectivity index (χ4v) is 1.06. The van der Waals surface area contributed by atoms with Crippen molar-refractivity contribution in [2.45, 2.75) is 13.8 Å². The van der Waals surface area contributed by atoms with Gasteiger partial charge < -0.3 is 9.05 Å². The third-order valence-electron chi connectivity index (χ3n) is 1.59. The van der Waals surface area contributed by atoms with E-state index in [4.69, 9.17) is 9.05 Å². The first-order valence-electron chi connectivity index (χ1n) is 3.80. The molecule has 0 radical (unpaired) electrons. The molecule has 0 atom stereocenters. The highest BCUT2D eigenvalue weighted by Crippen LogP contribution is 2.06. The van der Waals surface area contributed by atoms with Crippen LogP contribution in [0.4, 0.5) is 0 Å². The van der Waals surface area contributed by atoms with Gasteiger partial charge in [-0.2, -0.15) is 0 Å². The molecule has 2 aromatic rings. The van der Waals surface area contributed by atoms with Crippen molar-refractivity contribution in [2.75, 3.05) is 0 Å². The zero-order valence-electron chi connectivity index (χ0n) is 7.27. The Balaban J connectivity index is 2.58. The maximum Gasteiger partial charge on any atom is 0.289 e. The lowest BCUT2D eigenvalue weighted by Gasteiger charge is -1.89. The van der Waals surface area contributed by atoms with E-state index in [1.165, 1.54) is 6.07 Å². The van der Waals surface area contributed by atoms with Crippen LogP contribution in [0, 0.1) is 13.8 Å². The summed E-state index contributed by atoms with van der Waals surface area (Å²) in [5, 5.41) is 3.65. The van der Waals surface area contributed by atoms with E-state index in [0.717, 1.165) is 4.74 Å². The number of rotatable bonds is 1. The number of nitrogens with zero attached hydrogens (tertiary/aromatic N) is 2. The normalized spacial score (nSPS) is 10.6. The molecule has 0 aromatic carbocycles. The molecule has 5 heteroatoms. The van der Waals surface area contributed by atoms with Gasteiger partial charge in [0.05, 0.1) is 0 Å². The van der Waals surface area contributed by atoms with Crippen molar-refractivity contribution < 1.29 is 9.05 Å². The van der Waals surface area contributed by atoms with E-state index in [9.17, 15) is 4.79 Å². The van der Waals surface area contributed by atoms with Crippen LogP contribution in [0.1, 0.15) is 11.5 Å². The maximum absolute atomic E-state index is 11.2. The molecule has 0 bridgehead atoms. The smallest absolute Gasteiger partial charge is 0.289 e. The Hall–Kier alpha value is -1.78. The Bertz CT molecular complexity index is 478. The summed E-state index contributed by atoms with van der Waals surface area (Å²) in [6, 6.07) is 3.02. The molecule has 0 aliphatic carbocycles. The monoisotopic (exact) mass is 180 g/mol. The summed E-state index contributed by atoms with van der Waals surface area (Å²) < 4.78 is 11.0. The summed E-state index contributed by atoms with van der Waals surface area (Å²) >= 11 is 0. The second kappa shape index (κ2) is 2.62. The van der Waals surface area contributed by atoms with Crippen LogP contribution in [0.2, 0.25) is 0 Å². The Morgan fingerprint density at radius 2 is 2.08 bits per heavy atom. The Morgan fingerprint density at radius 1 is 1.31 bits per heavy atom. The van der Waals surface area contributed by atoms with Crippen molar-refractivity contribution in [3.8, 4) is 5.82 Å². The minimum Gasteiger partial charge on any atom is -0.375 e. The van der Waals surface area contributed by atoms with E-state index in [1.807, 2.05) is 0 Å². The summed E-state index contributed by atoms with van der Waals surface area (Å²) in [7, 11) is 0. The van der Waals surface area contributed by atoms with Crippen LogP contribution >= 0.6 is 0 Å². The van der Waals surface area contributed by atoms with Gasteiger partial charge in [0.15, 0.2) is 0 Å². The van der Waals surface area contributed by atoms with Crippen LogP contribution in [0.3, 0.4) is 0 Å². The highest BCUT2D eigenvalue weighted by molar-refractivity contribution is 5.19. The summed E-state index contributed by atoms with van der Waals surface area (Å²) in [5.41, 5.74) is -0.245. The molecule has 0 spiro atoms. The second-order valence-corrected chi connectivity index (χ2v) is 2.77. The summed E-state index contributed by atoms with van der Waals surface area (Å²) in [6.45, 7) is 3.45. The predicted molar refractivity (Wildman–Crippen MR) is 43.8 cm³/mol. The number of aryl methyl sites for hydroxylation is 2. The van der Waals surface area contributed by atoms with Crippen molar-refractivity contribution in [3.05, 3.63) is 34.0 Å². The lowest BCUT2D eigenvalue weighted by molar-refractivity contribution is 0.303. The van der Waals surface area contributed by atoms with Gasteiger partial charge in [0.2, 0.25) is 5.82 Å². The lowest BCUT2D eigenvalue weighted by Crippen LogP contribution is -2.10.